The van der Waals surface area contributed by atoms with Gasteiger partial charge in [-0.15, -0.1) is 0 Å². The Morgan fingerprint density at radius 3 is 2.39 bits per heavy atom. The summed E-state index contributed by atoms with van der Waals surface area (Å²) in [7, 11) is 0. The zero-order chi connectivity index (χ0) is 23.9. The molecule has 2 atom stereocenters. The number of fused-ring (bicyclic) bond motifs is 1. The highest BCUT2D eigenvalue weighted by molar-refractivity contribution is 6.36. The van der Waals surface area contributed by atoms with Crippen LogP contribution in [0.5, 0.6) is 0 Å². The van der Waals surface area contributed by atoms with Gasteiger partial charge < -0.3 is 0 Å². The first kappa shape index (κ1) is 23.1. The summed E-state index contributed by atoms with van der Waals surface area (Å²) in [4.78, 5) is 52.9. The molecule has 1 aliphatic heterocycles. The SMILES string of the molecule is CC1=CC[C@H]2C(=O)N(N(CC(=O)c3ccc(F)cc3)C(=O)c3ccc(Cl)cc3Cl)C(=O)[C@H]2C1. The number of carbonyl (C=O) groups excluding carboxylic acids is 4. The van der Waals surface area contributed by atoms with Crippen LogP contribution >= 0.6 is 23.2 Å². The minimum Gasteiger partial charge on any atom is -0.292 e. The van der Waals surface area contributed by atoms with E-state index in [9.17, 15) is 23.6 Å². The van der Waals surface area contributed by atoms with Crippen LogP contribution in [0.4, 0.5) is 4.39 Å². The molecule has 2 aromatic rings. The average molecular weight is 489 g/mol. The van der Waals surface area contributed by atoms with E-state index in [-0.39, 0.29) is 16.1 Å². The van der Waals surface area contributed by atoms with E-state index in [4.69, 9.17) is 23.2 Å². The van der Waals surface area contributed by atoms with Crippen LogP contribution in [0.3, 0.4) is 0 Å². The van der Waals surface area contributed by atoms with Crippen LogP contribution < -0.4 is 0 Å². The first-order valence-corrected chi connectivity index (χ1v) is 11.0. The van der Waals surface area contributed by atoms with Gasteiger partial charge >= 0.3 is 0 Å². The molecule has 0 spiro atoms. The molecule has 1 aliphatic carbocycles. The van der Waals surface area contributed by atoms with Crippen molar-refractivity contribution < 1.29 is 23.6 Å². The van der Waals surface area contributed by atoms with Crippen molar-refractivity contribution in [3.05, 3.63) is 81.1 Å². The van der Waals surface area contributed by atoms with Crippen molar-refractivity contribution in [2.75, 3.05) is 6.54 Å². The molecule has 1 fully saturated rings. The Balaban J connectivity index is 1.72. The molecule has 2 aromatic carbocycles. The Kier molecular flexibility index (Phi) is 6.36. The number of benzene rings is 2. The van der Waals surface area contributed by atoms with Gasteiger partial charge in [-0.25, -0.2) is 9.40 Å². The molecule has 3 amide bonds. The van der Waals surface area contributed by atoms with Crippen LogP contribution in [0.25, 0.3) is 0 Å². The Bertz CT molecular complexity index is 1200. The number of hydrogen-bond donors (Lipinski definition) is 0. The van der Waals surface area contributed by atoms with E-state index >= 15 is 0 Å². The number of amides is 3. The van der Waals surface area contributed by atoms with E-state index in [0.717, 1.165) is 27.7 Å². The fourth-order valence-corrected chi connectivity index (χ4v) is 4.65. The molecular formula is C24H19Cl2FN2O4. The molecule has 4 rings (SSSR count). The summed E-state index contributed by atoms with van der Waals surface area (Å²) in [6.07, 6.45) is 2.69. The van der Waals surface area contributed by atoms with E-state index in [1.807, 2.05) is 13.0 Å². The zero-order valence-electron chi connectivity index (χ0n) is 17.6. The molecule has 0 bridgehead atoms. The number of ketones is 1. The van der Waals surface area contributed by atoms with Crippen LogP contribution in [0.1, 0.15) is 40.5 Å². The van der Waals surface area contributed by atoms with Gasteiger partial charge in [0.25, 0.3) is 17.7 Å². The number of rotatable bonds is 5. The highest BCUT2D eigenvalue weighted by Crippen LogP contribution is 2.39. The van der Waals surface area contributed by atoms with Gasteiger partial charge in [-0.05, 0) is 62.2 Å². The third-order valence-electron chi connectivity index (χ3n) is 5.90. The van der Waals surface area contributed by atoms with Gasteiger partial charge in [0.15, 0.2) is 5.78 Å². The minimum atomic E-state index is -0.794. The van der Waals surface area contributed by atoms with Crippen LogP contribution in [-0.2, 0) is 9.59 Å². The lowest BCUT2D eigenvalue weighted by Crippen LogP contribution is -2.52. The van der Waals surface area contributed by atoms with Gasteiger partial charge in [0.2, 0.25) is 0 Å². The molecule has 33 heavy (non-hydrogen) atoms. The molecule has 170 valence electrons. The van der Waals surface area contributed by atoms with Crippen molar-refractivity contribution in [1.82, 2.24) is 10.0 Å². The number of hydrogen-bond acceptors (Lipinski definition) is 4. The van der Waals surface area contributed by atoms with E-state index in [2.05, 4.69) is 0 Å². The summed E-state index contributed by atoms with van der Waals surface area (Å²) < 4.78 is 13.3. The molecule has 1 saturated heterocycles. The van der Waals surface area contributed by atoms with Crippen LogP contribution in [0.15, 0.2) is 54.1 Å². The fourth-order valence-electron chi connectivity index (χ4n) is 4.16. The number of hydrazine groups is 1. The Hall–Kier alpha value is -3.03. The summed E-state index contributed by atoms with van der Waals surface area (Å²) in [5.41, 5.74) is 1.10. The van der Waals surface area contributed by atoms with Crippen molar-refractivity contribution in [3.63, 3.8) is 0 Å². The summed E-state index contributed by atoms with van der Waals surface area (Å²) in [6.45, 7) is 1.28. The summed E-state index contributed by atoms with van der Waals surface area (Å²) >= 11 is 12.1. The molecule has 0 aromatic heterocycles. The minimum absolute atomic E-state index is 0.0146. The third-order valence-corrected chi connectivity index (χ3v) is 6.44. The van der Waals surface area contributed by atoms with Crippen molar-refractivity contribution in [1.29, 1.82) is 0 Å². The summed E-state index contributed by atoms with van der Waals surface area (Å²) in [6, 6.07) is 8.95. The second-order valence-electron chi connectivity index (χ2n) is 8.11. The number of imide groups is 1. The van der Waals surface area contributed by atoms with Crippen molar-refractivity contribution in [3.8, 4) is 0 Å². The number of allylic oxidation sites excluding steroid dienone is 2. The lowest BCUT2D eigenvalue weighted by molar-refractivity contribution is -0.154. The van der Waals surface area contributed by atoms with E-state index < -0.39 is 47.7 Å². The Morgan fingerprint density at radius 2 is 1.73 bits per heavy atom. The second kappa shape index (κ2) is 9.08. The fraction of sp³-hybridized carbons (Fsp3) is 0.250. The highest BCUT2D eigenvalue weighted by Gasteiger charge is 2.51. The third kappa shape index (κ3) is 4.43. The number of Topliss-reactive ketones (excluding diaryl/α,β-unsaturated/α-hetero) is 1. The van der Waals surface area contributed by atoms with Gasteiger partial charge in [-0.3, -0.25) is 19.2 Å². The van der Waals surface area contributed by atoms with Gasteiger partial charge in [0.05, 0.1) is 22.4 Å². The maximum atomic E-state index is 13.5. The van der Waals surface area contributed by atoms with Crippen molar-refractivity contribution in [2.24, 2.45) is 11.8 Å². The predicted octanol–water partition coefficient (Wildman–Crippen LogP) is 4.71. The number of halogens is 3. The molecule has 6 nitrogen and oxygen atoms in total. The zero-order valence-corrected chi connectivity index (χ0v) is 19.1. The normalized spacial score (nSPS) is 19.9. The smallest absolute Gasteiger partial charge is 0.274 e. The maximum absolute atomic E-state index is 13.5. The average Bonchev–Trinajstić information content (AvgIpc) is 3.01. The van der Waals surface area contributed by atoms with Crippen molar-refractivity contribution in [2.45, 2.75) is 19.8 Å². The van der Waals surface area contributed by atoms with Crippen LogP contribution in [0.2, 0.25) is 10.0 Å². The summed E-state index contributed by atoms with van der Waals surface area (Å²) in [5, 5.41) is 1.92. The van der Waals surface area contributed by atoms with Gasteiger partial charge in [-0.1, -0.05) is 34.9 Å². The topological polar surface area (TPSA) is 74.8 Å². The summed E-state index contributed by atoms with van der Waals surface area (Å²) in [5.74, 6) is -4.17. The quantitative estimate of drug-likeness (QED) is 0.346. The molecule has 2 aliphatic rings. The van der Waals surface area contributed by atoms with Gasteiger partial charge in [0.1, 0.15) is 12.4 Å². The van der Waals surface area contributed by atoms with Crippen LogP contribution in [-0.4, -0.2) is 40.1 Å². The maximum Gasteiger partial charge on any atom is 0.274 e. The first-order valence-electron chi connectivity index (χ1n) is 10.3. The lowest BCUT2D eigenvalue weighted by atomic mass is 9.82. The Morgan fingerprint density at radius 1 is 1.06 bits per heavy atom. The molecule has 0 N–H and O–H groups in total. The van der Waals surface area contributed by atoms with Crippen LogP contribution in [0, 0.1) is 17.7 Å². The standard InChI is InChI=1S/C24H19Cl2FN2O4/c1-13-2-8-17-19(10-13)24(33)29(23(17)32)28(12-21(30)14-3-6-16(27)7-4-14)22(31)18-9-5-15(25)11-20(18)26/h2-7,9,11,17,19H,8,10,12H2,1H3/t17-,19+/m1/s1. The monoisotopic (exact) mass is 488 g/mol. The number of nitrogens with zero attached hydrogens (tertiary/aromatic N) is 2. The molecular weight excluding hydrogens is 470 g/mol. The van der Waals surface area contributed by atoms with Gasteiger partial charge in [0, 0.05) is 10.6 Å². The molecule has 0 radical (unpaired) electrons. The van der Waals surface area contributed by atoms with E-state index in [1.54, 1.807) is 0 Å². The van der Waals surface area contributed by atoms with Crippen molar-refractivity contribution >= 4 is 46.7 Å². The van der Waals surface area contributed by atoms with E-state index in [0.29, 0.717) is 17.9 Å². The first-order chi connectivity index (χ1) is 15.7. The van der Waals surface area contributed by atoms with E-state index in [1.165, 1.54) is 30.3 Å². The largest absolute Gasteiger partial charge is 0.292 e. The number of carbonyl (C=O) groups is 4. The molecule has 0 unspecified atom stereocenters. The molecule has 1 heterocycles. The highest BCUT2D eigenvalue weighted by atomic mass is 35.5. The molecule has 9 heteroatoms. The molecule has 0 saturated carbocycles. The second-order valence-corrected chi connectivity index (χ2v) is 8.95. The van der Waals surface area contributed by atoms with Gasteiger partial charge in [-0.2, -0.15) is 5.01 Å². The Labute approximate surface area is 199 Å². The lowest BCUT2D eigenvalue weighted by Gasteiger charge is -2.30. The predicted molar refractivity (Wildman–Crippen MR) is 120 cm³/mol.